The first-order valence-electron chi connectivity index (χ1n) is 8.39. The van der Waals surface area contributed by atoms with Crippen LogP contribution in [-0.2, 0) is 9.53 Å². The molecule has 0 saturated heterocycles. The highest BCUT2D eigenvalue weighted by molar-refractivity contribution is 6.01. The second kappa shape index (κ2) is 7.78. The van der Waals surface area contributed by atoms with Crippen LogP contribution in [0.1, 0.15) is 23.1 Å². The lowest BCUT2D eigenvalue weighted by Crippen LogP contribution is -2.12. The molecule has 136 valence electrons. The Hall–Kier alpha value is -3.54. The van der Waals surface area contributed by atoms with Crippen molar-refractivity contribution in [3.8, 4) is 22.5 Å². The van der Waals surface area contributed by atoms with E-state index in [1.54, 1.807) is 18.2 Å². The van der Waals surface area contributed by atoms with E-state index in [9.17, 15) is 9.59 Å². The van der Waals surface area contributed by atoms with Gasteiger partial charge in [-0.1, -0.05) is 36.4 Å². The average Bonchev–Trinajstić information content (AvgIpc) is 2.67. The Morgan fingerprint density at radius 2 is 1.59 bits per heavy atom. The second-order valence-corrected chi connectivity index (χ2v) is 5.98. The Morgan fingerprint density at radius 3 is 2.22 bits per heavy atom. The largest absolute Gasteiger partial charge is 0.465 e. The number of nitrogens with one attached hydrogen (secondary N) is 1. The fourth-order valence-corrected chi connectivity index (χ4v) is 2.75. The first-order chi connectivity index (χ1) is 13.0. The third-order valence-electron chi connectivity index (χ3n) is 3.94. The number of benzene rings is 2. The van der Waals surface area contributed by atoms with Crippen LogP contribution < -0.4 is 5.32 Å². The molecule has 0 fully saturated rings. The highest BCUT2D eigenvalue weighted by atomic mass is 16.5. The van der Waals surface area contributed by atoms with Crippen molar-refractivity contribution >= 4 is 17.6 Å². The summed E-state index contributed by atoms with van der Waals surface area (Å²) in [5.74, 6) is -0.177. The van der Waals surface area contributed by atoms with Crippen LogP contribution in [0.2, 0.25) is 0 Å². The van der Waals surface area contributed by atoms with Gasteiger partial charge in [0.1, 0.15) is 5.82 Å². The van der Waals surface area contributed by atoms with E-state index in [1.807, 2.05) is 43.3 Å². The van der Waals surface area contributed by atoms with Gasteiger partial charge in [0.2, 0.25) is 5.91 Å². The summed E-state index contributed by atoms with van der Waals surface area (Å²) in [6.45, 7) is 3.21. The Morgan fingerprint density at radius 1 is 0.926 bits per heavy atom. The summed E-state index contributed by atoms with van der Waals surface area (Å²) in [4.78, 5) is 32.5. The quantitative estimate of drug-likeness (QED) is 0.714. The van der Waals surface area contributed by atoms with Crippen molar-refractivity contribution in [1.29, 1.82) is 0 Å². The number of ether oxygens (including phenoxy) is 1. The van der Waals surface area contributed by atoms with Crippen LogP contribution in [0, 0.1) is 6.92 Å². The lowest BCUT2D eigenvalue weighted by molar-refractivity contribution is -0.114. The van der Waals surface area contributed by atoms with E-state index in [-0.39, 0.29) is 11.5 Å². The summed E-state index contributed by atoms with van der Waals surface area (Å²) >= 11 is 0. The van der Waals surface area contributed by atoms with Gasteiger partial charge in [0, 0.05) is 18.1 Å². The second-order valence-electron chi connectivity index (χ2n) is 5.98. The number of esters is 1. The van der Waals surface area contributed by atoms with Crippen LogP contribution in [0.3, 0.4) is 0 Å². The van der Waals surface area contributed by atoms with Gasteiger partial charge in [-0.05, 0) is 25.1 Å². The minimum absolute atomic E-state index is 0.266. The third-order valence-corrected chi connectivity index (χ3v) is 3.94. The van der Waals surface area contributed by atoms with E-state index in [1.165, 1.54) is 14.0 Å². The van der Waals surface area contributed by atoms with Gasteiger partial charge in [-0.25, -0.2) is 14.8 Å². The summed E-state index contributed by atoms with van der Waals surface area (Å²) in [7, 11) is 1.30. The van der Waals surface area contributed by atoms with Crippen molar-refractivity contribution < 1.29 is 14.3 Å². The number of carbonyl (C=O) groups excluding carboxylic acids is 2. The first-order valence-corrected chi connectivity index (χ1v) is 8.39. The summed E-state index contributed by atoms with van der Waals surface area (Å²) in [6, 6.07) is 16.8. The minimum atomic E-state index is -0.533. The highest BCUT2D eigenvalue weighted by Gasteiger charge is 2.16. The van der Waals surface area contributed by atoms with Gasteiger partial charge in [0.25, 0.3) is 0 Å². The average molecular weight is 361 g/mol. The molecule has 0 radical (unpaired) electrons. The predicted octanol–water partition coefficient (Wildman–Crippen LogP) is 3.86. The van der Waals surface area contributed by atoms with Gasteiger partial charge in [0.05, 0.1) is 29.7 Å². The van der Waals surface area contributed by atoms with Crippen molar-refractivity contribution in [3.63, 3.8) is 0 Å². The molecule has 1 N–H and O–H groups in total. The van der Waals surface area contributed by atoms with Crippen LogP contribution in [0.5, 0.6) is 0 Å². The zero-order valence-corrected chi connectivity index (χ0v) is 15.3. The summed E-state index contributed by atoms with van der Waals surface area (Å²) < 4.78 is 4.84. The number of hydrogen-bond acceptors (Lipinski definition) is 5. The molecule has 1 amide bonds. The maximum Gasteiger partial charge on any atom is 0.339 e. The topological polar surface area (TPSA) is 81.2 Å². The van der Waals surface area contributed by atoms with Crippen molar-refractivity contribution in [2.75, 3.05) is 12.4 Å². The van der Waals surface area contributed by atoms with Gasteiger partial charge in [0.15, 0.2) is 0 Å². The number of anilines is 1. The number of aryl methyl sites for hydroxylation is 1. The lowest BCUT2D eigenvalue weighted by Gasteiger charge is -2.11. The maximum atomic E-state index is 12.1. The molecule has 0 aliphatic heterocycles. The third kappa shape index (κ3) is 4.17. The van der Waals surface area contributed by atoms with Gasteiger partial charge in [-0.3, -0.25) is 4.79 Å². The van der Waals surface area contributed by atoms with Crippen LogP contribution in [0.15, 0.2) is 54.6 Å². The Balaban J connectivity index is 2.10. The van der Waals surface area contributed by atoms with E-state index < -0.39 is 5.97 Å². The molecule has 0 bridgehead atoms. The molecule has 3 rings (SSSR count). The number of methoxy groups -OCH3 is 1. The molecular formula is C21H19N3O3. The molecular weight excluding hydrogens is 342 g/mol. The number of aromatic nitrogens is 2. The molecule has 0 aliphatic carbocycles. The van der Waals surface area contributed by atoms with Crippen molar-refractivity contribution in [3.05, 3.63) is 66.0 Å². The number of amides is 1. The molecule has 27 heavy (non-hydrogen) atoms. The van der Waals surface area contributed by atoms with Gasteiger partial charge in [-0.15, -0.1) is 0 Å². The van der Waals surface area contributed by atoms with Crippen LogP contribution in [-0.4, -0.2) is 29.0 Å². The van der Waals surface area contributed by atoms with Crippen LogP contribution in [0.25, 0.3) is 22.5 Å². The standard InChI is InChI=1S/C21H19N3O3/c1-13-22-19(15-7-5-4-6-8-15)12-20(23-13)16-9-10-18(24-14(2)25)17(11-16)21(26)27-3/h4-12H,1-3H3,(H,24,25). The van der Waals surface area contributed by atoms with E-state index in [4.69, 9.17) is 4.74 Å². The molecule has 1 aromatic heterocycles. The summed E-state index contributed by atoms with van der Waals surface area (Å²) in [5, 5.41) is 2.64. The van der Waals surface area contributed by atoms with Crippen LogP contribution >= 0.6 is 0 Å². The smallest absolute Gasteiger partial charge is 0.339 e. The van der Waals surface area contributed by atoms with E-state index >= 15 is 0 Å². The lowest BCUT2D eigenvalue weighted by atomic mass is 10.0. The molecule has 0 spiro atoms. The monoisotopic (exact) mass is 361 g/mol. The predicted molar refractivity (Wildman–Crippen MR) is 103 cm³/mol. The highest BCUT2D eigenvalue weighted by Crippen LogP contribution is 2.27. The molecule has 6 heteroatoms. The SMILES string of the molecule is COC(=O)c1cc(-c2cc(-c3ccccc3)nc(C)n2)ccc1NC(C)=O. The number of hydrogen-bond donors (Lipinski definition) is 1. The maximum absolute atomic E-state index is 12.1. The molecule has 1 heterocycles. The summed E-state index contributed by atoms with van der Waals surface area (Å²) in [5.41, 5.74) is 3.85. The van der Waals surface area contributed by atoms with Gasteiger partial charge < -0.3 is 10.1 Å². The molecule has 0 aliphatic rings. The number of nitrogens with zero attached hydrogens (tertiary/aromatic N) is 2. The zero-order chi connectivity index (χ0) is 19.4. The fourth-order valence-electron chi connectivity index (χ4n) is 2.75. The van der Waals surface area contributed by atoms with E-state index in [0.29, 0.717) is 17.2 Å². The summed E-state index contributed by atoms with van der Waals surface area (Å²) in [6.07, 6.45) is 0. The molecule has 0 unspecified atom stereocenters. The first kappa shape index (κ1) is 18.3. The Labute approximate surface area is 157 Å². The minimum Gasteiger partial charge on any atom is -0.465 e. The van der Waals surface area contributed by atoms with Crippen LogP contribution in [0.4, 0.5) is 5.69 Å². The molecule has 2 aromatic carbocycles. The Bertz CT molecular complexity index is 1000. The normalized spacial score (nSPS) is 10.3. The van der Waals surface area contributed by atoms with Gasteiger partial charge >= 0.3 is 5.97 Å². The Kier molecular flexibility index (Phi) is 5.26. The molecule has 3 aromatic rings. The molecule has 0 saturated carbocycles. The van der Waals surface area contributed by atoms with Crippen molar-refractivity contribution in [1.82, 2.24) is 9.97 Å². The van der Waals surface area contributed by atoms with Crippen molar-refractivity contribution in [2.24, 2.45) is 0 Å². The number of carbonyl (C=O) groups is 2. The van der Waals surface area contributed by atoms with E-state index in [2.05, 4.69) is 15.3 Å². The van der Waals surface area contributed by atoms with Crippen molar-refractivity contribution in [2.45, 2.75) is 13.8 Å². The fraction of sp³-hybridized carbons (Fsp3) is 0.143. The van der Waals surface area contributed by atoms with Gasteiger partial charge in [-0.2, -0.15) is 0 Å². The zero-order valence-electron chi connectivity index (χ0n) is 15.3. The number of rotatable bonds is 4. The molecule has 6 nitrogen and oxygen atoms in total. The molecule has 0 atom stereocenters. The van der Waals surface area contributed by atoms with E-state index in [0.717, 1.165) is 16.8 Å².